The fraction of sp³-hybridized carbons (Fsp3) is 0.0455. The Bertz CT molecular complexity index is 1130. The Balaban J connectivity index is 1.88. The molecule has 0 aliphatic rings. The molecule has 0 radical (unpaired) electrons. The van der Waals surface area contributed by atoms with Gasteiger partial charge in [-0.05, 0) is 31.2 Å². The van der Waals surface area contributed by atoms with Crippen LogP contribution in [0.4, 0.5) is 0 Å². The first kappa shape index (κ1) is 18.5. The van der Waals surface area contributed by atoms with Gasteiger partial charge in [-0.15, -0.1) is 0 Å². The fourth-order valence-electron chi connectivity index (χ4n) is 2.88. The topological polar surface area (TPSA) is 47.8 Å². The van der Waals surface area contributed by atoms with E-state index >= 15 is 0 Å². The van der Waals surface area contributed by atoms with Crippen molar-refractivity contribution in [2.45, 2.75) is 16.7 Å². The van der Waals surface area contributed by atoms with Crippen LogP contribution in [0.1, 0.15) is 16.1 Å². The van der Waals surface area contributed by atoms with E-state index < -0.39 is 0 Å². The van der Waals surface area contributed by atoms with Crippen molar-refractivity contribution in [1.82, 2.24) is 14.8 Å². The quantitative estimate of drug-likeness (QED) is 0.434. The molecule has 4 aromatic rings. The summed E-state index contributed by atoms with van der Waals surface area (Å²) < 4.78 is 1.46. The zero-order chi connectivity index (χ0) is 19.5. The fourth-order valence-corrected chi connectivity index (χ4v) is 4.15. The van der Waals surface area contributed by atoms with Gasteiger partial charge in [0.05, 0.1) is 26.9 Å². The summed E-state index contributed by atoms with van der Waals surface area (Å²) >= 11 is 7.88. The number of hydrogen-bond acceptors (Lipinski definition) is 4. The first-order valence-electron chi connectivity index (χ1n) is 8.67. The van der Waals surface area contributed by atoms with E-state index in [2.05, 4.69) is 10.1 Å². The number of aromatic nitrogens is 3. The van der Waals surface area contributed by atoms with Gasteiger partial charge in [-0.25, -0.2) is 0 Å². The van der Waals surface area contributed by atoms with Crippen LogP contribution >= 0.6 is 23.4 Å². The van der Waals surface area contributed by atoms with Crippen molar-refractivity contribution in [3.8, 4) is 11.3 Å². The third kappa shape index (κ3) is 3.59. The Morgan fingerprint density at radius 1 is 1.00 bits per heavy atom. The second-order valence-corrected chi connectivity index (χ2v) is 7.58. The molecule has 0 aliphatic heterocycles. The largest absolute Gasteiger partial charge is 0.280 e. The van der Waals surface area contributed by atoms with E-state index in [1.807, 2.05) is 61.5 Å². The zero-order valence-electron chi connectivity index (χ0n) is 15.0. The lowest BCUT2D eigenvalue weighted by molar-refractivity contribution is 0.0946. The Hall–Kier alpha value is -2.89. The van der Waals surface area contributed by atoms with Gasteiger partial charge in [-0.1, -0.05) is 65.8 Å². The minimum atomic E-state index is -0.221. The van der Waals surface area contributed by atoms with Crippen LogP contribution in [0, 0.1) is 6.92 Å². The predicted octanol–water partition coefficient (Wildman–Crippen LogP) is 5.75. The molecule has 0 amide bonds. The van der Waals surface area contributed by atoms with Crippen molar-refractivity contribution in [3.05, 3.63) is 95.4 Å². The number of halogens is 1. The average Bonchev–Trinajstić information content (AvgIpc) is 3.06. The lowest BCUT2D eigenvalue weighted by atomic mass is 10.1. The first-order chi connectivity index (χ1) is 13.6. The molecule has 2 aromatic carbocycles. The molecule has 0 N–H and O–H groups in total. The second-order valence-electron chi connectivity index (χ2n) is 6.12. The number of carbonyl (C=O) groups is 1. The maximum atomic E-state index is 13.2. The van der Waals surface area contributed by atoms with E-state index in [1.54, 1.807) is 24.5 Å². The first-order valence-corrected chi connectivity index (χ1v) is 9.87. The molecule has 0 saturated carbocycles. The normalized spacial score (nSPS) is 10.8. The molecule has 138 valence electrons. The molecule has 0 saturated heterocycles. The van der Waals surface area contributed by atoms with Gasteiger partial charge in [0.2, 0.25) is 0 Å². The van der Waals surface area contributed by atoms with Crippen molar-refractivity contribution in [3.63, 3.8) is 0 Å². The third-order valence-electron chi connectivity index (χ3n) is 4.20. The van der Waals surface area contributed by atoms with Gasteiger partial charge in [0.15, 0.2) is 0 Å². The van der Waals surface area contributed by atoms with Gasteiger partial charge < -0.3 is 0 Å². The molecular weight excluding hydrogens is 390 g/mol. The average molecular weight is 406 g/mol. The molecule has 6 heteroatoms. The summed E-state index contributed by atoms with van der Waals surface area (Å²) in [5.41, 5.74) is 2.91. The highest BCUT2D eigenvalue weighted by atomic mass is 35.5. The molecule has 0 fully saturated rings. The van der Waals surface area contributed by atoms with Crippen LogP contribution in [0.2, 0.25) is 5.02 Å². The van der Waals surface area contributed by atoms with Crippen LogP contribution in [0.3, 0.4) is 0 Å². The standard InChI is InChI=1S/C22H16ClN3OS/c1-15-21(28-19-12-6-5-11-18(19)23)20(16-8-3-2-4-9-16)26(25-15)22(27)17-10-7-13-24-14-17/h2-14H,1H3. The summed E-state index contributed by atoms with van der Waals surface area (Å²) in [4.78, 5) is 19.0. The second kappa shape index (κ2) is 8.00. The summed E-state index contributed by atoms with van der Waals surface area (Å²) in [5, 5.41) is 5.23. The Kier molecular flexibility index (Phi) is 5.28. The molecule has 0 unspecified atom stereocenters. The van der Waals surface area contributed by atoms with Gasteiger partial charge >= 0.3 is 0 Å². The van der Waals surface area contributed by atoms with Crippen LogP contribution in [-0.2, 0) is 0 Å². The molecule has 0 aliphatic carbocycles. The highest BCUT2D eigenvalue weighted by Crippen LogP contribution is 2.41. The van der Waals surface area contributed by atoms with E-state index in [0.29, 0.717) is 10.6 Å². The Morgan fingerprint density at radius 3 is 2.46 bits per heavy atom. The van der Waals surface area contributed by atoms with E-state index in [4.69, 9.17) is 11.6 Å². The molecule has 0 atom stereocenters. The number of pyridine rings is 1. The predicted molar refractivity (Wildman–Crippen MR) is 112 cm³/mol. The van der Waals surface area contributed by atoms with Crippen LogP contribution < -0.4 is 0 Å². The summed E-state index contributed by atoms with van der Waals surface area (Å²) in [5.74, 6) is -0.221. The number of carbonyl (C=O) groups excluding carboxylic acids is 1. The van der Waals surface area contributed by atoms with Gasteiger partial charge in [0, 0.05) is 22.9 Å². The van der Waals surface area contributed by atoms with E-state index in [1.165, 1.54) is 16.4 Å². The van der Waals surface area contributed by atoms with Crippen molar-refractivity contribution in [2.75, 3.05) is 0 Å². The summed E-state index contributed by atoms with van der Waals surface area (Å²) in [7, 11) is 0. The summed E-state index contributed by atoms with van der Waals surface area (Å²) in [6, 6.07) is 20.9. The van der Waals surface area contributed by atoms with E-state index in [9.17, 15) is 4.79 Å². The van der Waals surface area contributed by atoms with Crippen molar-refractivity contribution in [1.29, 1.82) is 0 Å². The highest BCUT2D eigenvalue weighted by Gasteiger charge is 2.23. The maximum absolute atomic E-state index is 13.2. The van der Waals surface area contributed by atoms with Crippen LogP contribution in [0.5, 0.6) is 0 Å². The molecule has 2 aromatic heterocycles. The van der Waals surface area contributed by atoms with Crippen molar-refractivity contribution < 1.29 is 4.79 Å². The molecule has 4 nitrogen and oxygen atoms in total. The molecule has 0 bridgehead atoms. The number of rotatable bonds is 4. The van der Waals surface area contributed by atoms with Crippen LogP contribution in [0.15, 0.2) is 88.9 Å². The van der Waals surface area contributed by atoms with Gasteiger partial charge in [-0.2, -0.15) is 9.78 Å². The van der Waals surface area contributed by atoms with Gasteiger partial charge in [0.25, 0.3) is 5.91 Å². The van der Waals surface area contributed by atoms with Crippen LogP contribution in [0.25, 0.3) is 11.3 Å². The summed E-state index contributed by atoms with van der Waals surface area (Å²) in [6.07, 6.45) is 3.19. The lowest BCUT2D eigenvalue weighted by Gasteiger charge is -2.10. The van der Waals surface area contributed by atoms with Crippen molar-refractivity contribution in [2.24, 2.45) is 0 Å². The van der Waals surface area contributed by atoms with Crippen molar-refractivity contribution >= 4 is 29.3 Å². The van der Waals surface area contributed by atoms with E-state index in [-0.39, 0.29) is 5.91 Å². The minimum Gasteiger partial charge on any atom is -0.267 e. The van der Waals surface area contributed by atoms with Crippen LogP contribution in [-0.4, -0.2) is 20.7 Å². The molecule has 28 heavy (non-hydrogen) atoms. The number of hydrogen-bond donors (Lipinski definition) is 0. The smallest absolute Gasteiger partial charge is 0.267 e. The monoisotopic (exact) mass is 405 g/mol. The minimum absolute atomic E-state index is 0.221. The number of nitrogens with zero attached hydrogens (tertiary/aromatic N) is 3. The molecule has 0 spiro atoms. The maximum Gasteiger partial charge on any atom is 0.280 e. The highest BCUT2D eigenvalue weighted by molar-refractivity contribution is 7.99. The molecular formula is C22H16ClN3OS. The molecule has 2 heterocycles. The Labute approximate surface area is 172 Å². The molecule has 4 rings (SSSR count). The van der Waals surface area contributed by atoms with E-state index in [0.717, 1.165) is 26.7 Å². The number of benzene rings is 2. The SMILES string of the molecule is Cc1nn(C(=O)c2cccnc2)c(-c2ccccc2)c1Sc1ccccc1Cl. The third-order valence-corrected chi connectivity index (χ3v) is 5.91. The zero-order valence-corrected chi connectivity index (χ0v) is 16.6. The summed E-state index contributed by atoms with van der Waals surface area (Å²) in [6.45, 7) is 1.90. The lowest BCUT2D eigenvalue weighted by Crippen LogP contribution is -2.15. The Morgan fingerprint density at radius 2 is 1.75 bits per heavy atom. The number of aryl methyl sites for hydroxylation is 1. The van der Waals surface area contributed by atoms with Gasteiger partial charge in [0.1, 0.15) is 0 Å². The van der Waals surface area contributed by atoms with Gasteiger partial charge in [-0.3, -0.25) is 9.78 Å².